The van der Waals surface area contributed by atoms with Crippen LogP contribution in [-0.2, 0) is 6.61 Å². The number of halogens is 5. The van der Waals surface area contributed by atoms with E-state index in [1.807, 2.05) is 12.1 Å². The second-order valence-electron chi connectivity index (χ2n) is 8.33. The fourth-order valence-electron chi connectivity index (χ4n) is 4.12. The molecule has 7 heteroatoms. The Labute approximate surface area is 175 Å². The highest BCUT2D eigenvalue weighted by atomic mass is 32.5. The lowest BCUT2D eigenvalue weighted by molar-refractivity contribution is 0.302. The zero-order valence-corrected chi connectivity index (χ0v) is 18.0. The average Bonchev–Trinajstić information content (AvgIpc) is 2.70. The van der Waals surface area contributed by atoms with Gasteiger partial charge in [0.15, 0.2) is 0 Å². The van der Waals surface area contributed by atoms with Crippen LogP contribution >= 0.6 is 10.2 Å². The first kappa shape index (κ1) is 22.9. The summed E-state index contributed by atoms with van der Waals surface area (Å²) in [5.41, 5.74) is 2.19. The van der Waals surface area contributed by atoms with Gasteiger partial charge in [-0.25, -0.2) is 0 Å². The van der Waals surface area contributed by atoms with Gasteiger partial charge in [0.1, 0.15) is 17.3 Å². The summed E-state index contributed by atoms with van der Waals surface area (Å²) in [5.74, 6) is 1.56. The number of hydrogen-bond donors (Lipinski definition) is 0. The van der Waals surface area contributed by atoms with Crippen molar-refractivity contribution in [3.63, 3.8) is 0 Å². The molecule has 0 saturated heterocycles. The Morgan fingerprint density at radius 2 is 1.43 bits per heavy atom. The number of rotatable bonds is 8. The maximum absolute atomic E-state index is 12.8. The summed E-state index contributed by atoms with van der Waals surface area (Å²) in [7, 11) is -9.64. The Morgan fingerprint density at radius 1 is 0.833 bits per heavy atom. The molecule has 1 fully saturated rings. The second kappa shape index (κ2) is 8.06. The van der Waals surface area contributed by atoms with Crippen LogP contribution < -0.4 is 4.74 Å². The molecule has 0 aliphatic heterocycles. The molecule has 30 heavy (non-hydrogen) atoms. The van der Waals surface area contributed by atoms with Crippen LogP contribution in [0.2, 0.25) is 0 Å². The normalized spacial score (nSPS) is 22.2. The van der Waals surface area contributed by atoms with Crippen LogP contribution in [0.1, 0.15) is 68.9 Å². The Balaban J connectivity index is 1.52. The fourth-order valence-corrected chi connectivity index (χ4v) is 4.77. The molecule has 0 unspecified atom stereocenters. The minimum atomic E-state index is -9.64. The molecule has 3 rings (SSSR count). The van der Waals surface area contributed by atoms with E-state index in [9.17, 15) is 19.4 Å². The van der Waals surface area contributed by atoms with Gasteiger partial charge in [0.05, 0.1) is 0 Å². The van der Waals surface area contributed by atoms with Gasteiger partial charge in [-0.05, 0) is 72.9 Å². The van der Waals surface area contributed by atoms with E-state index in [0.717, 1.165) is 23.6 Å². The SMILES string of the molecule is CCCC[C@H]1CC[C@H](c2ccc(COc3ccc(S(F)(F)(F)(F)F)cc3)cc2)CC1. The standard InChI is InChI=1S/C23H29F5OS/c1-2-3-4-18-5-9-20(10-6-18)21-11-7-19(8-12-21)17-29-22-13-15-23(16-14-22)30(24,25,26,27)28/h7-8,11-16,18,20H,2-6,9-10,17H2,1H3/t18-,20-. The molecular weight excluding hydrogens is 419 g/mol. The fraction of sp³-hybridized carbons (Fsp3) is 0.478. The smallest absolute Gasteiger partial charge is 0.310 e. The lowest BCUT2D eigenvalue weighted by Crippen LogP contribution is -2.13. The highest BCUT2D eigenvalue weighted by Gasteiger charge is 2.65. The molecule has 2 aromatic rings. The monoisotopic (exact) mass is 448 g/mol. The van der Waals surface area contributed by atoms with E-state index in [1.54, 1.807) is 0 Å². The molecule has 0 heterocycles. The van der Waals surface area contributed by atoms with E-state index in [1.165, 1.54) is 50.5 Å². The molecular formula is C23H29F5OS. The van der Waals surface area contributed by atoms with Gasteiger partial charge >= 0.3 is 10.2 Å². The van der Waals surface area contributed by atoms with E-state index in [2.05, 4.69) is 19.1 Å². The number of ether oxygens (including phenoxy) is 1. The van der Waals surface area contributed by atoms with Crippen LogP contribution in [0.5, 0.6) is 5.75 Å². The molecule has 168 valence electrons. The van der Waals surface area contributed by atoms with Gasteiger partial charge < -0.3 is 4.74 Å². The zero-order chi connectivity index (χ0) is 21.9. The molecule has 2 aromatic carbocycles. The summed E-state index contributed by atoms with van der Waals surface area (Å²) in [6, 6.07) is 10.7. The number of benzene rings is 2. The van der Waals surface area contributed by atoms with Crippen molar-refractivity contribution < 1.29 is 24.2 Å². The van der Waals surface area contributed by atoms with Gasteiger partial charge in [-0.3, -0.25) is 0 Å². The first-order chi connectivity index (χ1) is 13.9. The van der Waals surface area contributed by atoms with Gasteiger partial charge in [0.2, 0.25) is 0 Å². The third-order valence-corrected chi connectivity index (χ3v) is 7.10. The molecule has 0 aromatic heterocycles. The third kappa shape index (κ3) is 6.37. The summed E-state index contributed by atoms with van der Waals surface area (Å²) in [5, 5.41) is 0. The summed E-state index contributed by atoms with van der Waals surface area (Å²) < 4.78 is 69.2. The molecule has 1 nitrogen and oxygen atoms in total. The molecule has 0 spiro atoms. The van der Waals surface area contributed by atoms with Gasteiger partial charge in [0, 0.05) is 0 Å². The van der Waals surface area contributed by atoms with E-state index in [4.69, 9.17) is 4.74 Å². The summed E-state index contributed by atoms with van der Waals surface area (Å²) in [6.45, 7) is 2.40. The quantitative estimate of drug-likeness (QED) is 0.366. The van der Waals surface area contributed by atoms with Crippen LogP contribution in [-0.4, -0.2) is 0 Å². The van der Waals surface area contributed by atoms with Crippen LogP contribution in [0.15, 0.2) is 53.4 Å². The molecule has 1 aliphatic carbocycles. The number of hydrogen-bond acceptors (Lipinski definition) is 1. The Bertz CT molecular complexity index is 823. The van der Waals surface area contributed by atoms with Gasteiger partial charge in [-0.2, -0.15) is 0 Å². The number of unbranched alkanes of at least 4 members (excludes halogenated alkanes) is 1. The van der Waals surface area contributed by atoms with Gasteiger partial charge in [0.25, 0.3) is 0 Å². The molecule has 0 amide bonds. The van der Waals surface area contributed by atoms with E-state index >= 15 is 0 Å². The van der Waals surface area contributed by atoms with E-state index < -0.39 is 15.1 Å². The highest BCUT2D eigenvalue weighted by Crippen LogP contribution is 3.02. The van der Waals surface area contributed by atoms with Crippen LogP contribution in [0.4, 0.5) is 19.4 Å². The summed E-state index contributed by atoms with van der Waals surface area (Å²) in [4.78, 5) is -1.91. The largest absolute Gasteiger partial charge is 0.489 e. The predicted octanol–water partition coefficient (Wildman–Crippen LogP) is 9.39. The molecule has 0 radical (unpaired) electrons. The molecule has 0 atom stereocenters. The predicted molar refractivity (Wildman–Crippen MR) is 113 cm³/mol. The minimum Gasteiger partial charge on any atom is -0.489 e. The van der Waals surface area contributed by atoms with Crippen molar-refractivity contribution in [1.29, 1.82) is 0 Å². The molecule has 0 bridgehead atoms. The molecule has 1 aliphatic rings. The van der Waals surface area contributed by atoms with Crippen LogP contribution in [0.25, 0.3) is 0 Å². The van der Waals surface area contributed by atoms with E-state index in [0.29, 0.717) is 18.1 Å². The van der Waals surface area contributed by atoms with Crippen molar-refractivity contribution in [3.05, 3.63) is 59.7 Å². The van der Waals surface area contributed by atoms with E-state index in [-0.39, 0.29) is 12.4 Å². The maximum atomic E-state index is 12.8. The minimum absolute atomic E-state index is 0.120. The summed E-state index contributed by atoms with van der Waals surface area (Å²) >= 11 is 0. The second-order valence-corrected chi connectivity index (χ2v) is 10.7. The van der Waals surface area contributed by atoms with Crippen LogP contribution in [0.3, 0.4) is 0 Å². The third-order valence-electron chi connectivity index (χ3n) is 5.94. The van der Waals surface area contributed by atoms with Crippen molar-refractivity contribution >= 4 is 10.2 Å². The van der Waals surface area contributed by atoms with Gasteiger partial charge in [-0.15, -0.1) is 0 Å². The zero-order valence-electron chi connectivity index (χ0n) is 17.1. The highest BCUT2D eigenvalue weighted by molar-refractivity contribution is 8.45. The van der Waals surface area contributed by atoms with Crippen molar-refractivity contribution in [2.45, 2.75) is 69.3 Å². The van der Waals surface area contributed by atoms with Crippen molar-refractivity contribution in [1.82, 2.24) is 0 Å². The van der Waals surface area contributed by atoms with Crippen molar-refractivity contribution in [2.75, 3.05) is 0 Å². The Hall–Kier alpha value is -1.76. The molecule has 1 saturated carbocycles. The van der Waals surface area contributed by atoms with Crippen molar-refractivity contribution in [3.8, 4) is 5.75 Å². The first-order valence-electron chi connectivity index (χ1n) is 10.5. The first-order valence-corrected chi connectivity index (χ1v) is 12.5. The Kier molecular flexibility index (Phi) is 6.16. The van der Waals surface area contributed by atoms with Gasteiger partial charge in [-0.1, -0.05) is 69.9 Å². The Morgan fingerprint density at radius 3 is 1.97 bits per heavy atom. The lowest BCUT2D eigenvalue weighted by atomic mass is 9.77. The van der Waals surface area contributed by atoms with Crippen molar-refractivity contribution in [2.24, 2.45) is 5.92 Å². The molecule has 0 N–H and O–H groups in total. The lowest BCUT2D eigenvalue weighted by Gasteiger charge is -2.40. The van der Waals surface area contributed by atoms with Crippen LogP contribution in [0, 0.1) is 5.92 Å². The average molecular weight is 449 g/mol. The maximum Gasteiger partial charge on any atom is 0.310 e. The topological polar surface area (TPSA) is 9.23 Å². The summed E-state index contributed by atoms with van der Waals surface area (Å²) in [6.07, 6.45) is 8.89.